The zero-order valence-electron chi connectivity index (χ0n) is 45.4. The van der Waals surface area contributed by atoms with Crippen LogP contribution >= 0.6 is 0 Å². The largest absolute Gasteiger partial charge is 0.395 e. The Hall–Kier alpha value is -6.08. The predicted octanol–water partition coefficient (Wildman–Crippen LogP) is 5.42. The van der Waals surface area contributed by atoms with Gasteiger partial charge in [-0.2, -0.15) is 0 Å². The molecule has 2 unspecified atom stereocenters. The van der Waals surface area contributed by atoms with Crippen LogP contribution in [0.5, 0.6) is 0 Å². The van der Waals surface area contributed by atoms with E-state index in [2.05, 4.69) is 102 Å². The number of aliphatic hydroxyl groups is 10. The van der Waals surface area contributed by atoms with Crippen LogP contribution in [0.25, 0.3) is 0 Å². The molecular weight excluding hydrogens is 987 g/mol. The molecule has 6 aromatic rings. The van der Waals surface area contributed by atoms with Gasteiger partial charge >= 0.3 is 0 Å². The summed E-state index contributed by atoms with van der Waals surface area (Å²) in [5, 5.41) is 95.0. The van der Waals surface area contributed by atoms with Gasteiger partial charge in [0.1, 0.15) is 0 Å². The van der Waals surface area contributed by atoms with Crippen LogP contribution in [0.15, 0.2) is 146 Å². The van der Waals surface area contributed by atoms with Crippen molar-refractivity contribution in [2.75, 3.05) is 143 Å². The van der Waals surface area contributed by atoms with E-state index in [9.17, 15) is 5.11 Å². The Morgan fingerprint density at radius 2 is 0.603 bits per heavy atom. The smallest absolute Gasteiger partial charge is 0.0606 e. The van der Waals surface area contributed by atoms with E-state index in [-0.39, 0.29) is 65.6 Å². The molecule has 0 radical (unpaired) electrons. The van der Waals surface area contributed by atoms with Gasteiger partial charge in [-0.25, -0.2) is 0 Å². The number of benzene rings is 6. The second-order valence-corrected chi connectivity index (χ2v) is 19.5. The second kappa shape index (κ2) is 36.2. The standard InChI is InChI=1S/C23H31NO3.C21H30N2O4.C19H26N2O3/c25-14-12-24(13-15-26)22-10-6-19(7-11-22)16-18-4-8-20(9-5-18)21-2-1-3-23(27)17-21;24-13-9-22(10-14-25)20-5-1-18(2-6-20)17-19-3-7-21(8-4-19)23(11-15-26)12-16-27;22-12-9-20-18-5-1-16(2-6-18)15-17-3-7-19(8-4-17)21(10-13-23)11-14-24/h4-11,21,23,25-27H,1-3,12-17H2;1-8,24-27H,9-17H2;1-8,20,22-24H,9-15H2. The number of rotatable bonds is 30. The van der Waals surface area contributed by atoms with Gasteiger partial charge < -0.3 is 76.0 Å². The summed E-state index contributed by atoms with van der Waals surface area (Å²) >= 11 is 0. The van der Waals surface area contributed by atoms with Gasteiger partial charge in [-0.1, -0.05) is 91.3 Å². The summed E-state index contributed by atoms with van der Waals surface area (Å²) in [6.07, 6.45) is 6.52. The molecule has 11 N–H and O–H groups in total. The maximum Gasteiger partial charge on any atom is 0.0606 e. The van der Waals surface area contributed by atoms with Crippen molar-refractivity contribution >= 4 is 28.4 Å². The Bertz CT molecular complexity index is 2230. The fraction of sp³-hybridized carbons (Fsp3) is 0.429. The van der Waals surface area contributed by atoms with Gasteiger partial charge in [-0.3, -0.25) is 0 Å². The molecule has 424 valence electrons. The van der Waals surface area contributed by atoms with Crippen LogP contribution in [-0.4, -0.2) is 176 Å². The lowest BCUT2D eigenvalue weighted by molar-refractivity contribution is 0.119. The van der Waals surface area contributed by atoms with Crippen molar-refractivity contribution in [3.8, 4) is 0 Å². The number of aliphatic hydroxyl groups excluding tert-OH is 10. The number of hydrogen-bond donors (Lipinski definition) is 11. The molecule has 78 heavy (non-hydrogen) atoms. The lowest BCUT2D eigenvalue weighted by Gasteiger charge is -2.26. The van der Waals surface area contributed by atoms with E-state index in [0.717, 1.165) is 67.0 Å². The van der Waals surface area contributed by atoms with Crippen LogP contribution in [-0.2, 0) is 19.3 Å². The highest BCUT2D eigenvalue weighted by Gasteiger charge is 2.21. The summed E-state index contributed by atoms with van der Waals surface area (Å²) < 4.78 is 0. The molecule has 6 aromatic carbocycles. The summed E-state index contributed by atoms with van der Waals surface area (Å²) in [5.74, 6) is 0.492. The molecule has 1 fully saturated rings. The summed E-state index contributed by atoms with van der Waals surface area (Å²) in [4.78, 5) is 7.85. The van der Waals surface area contributed by atoms with Crippen molar-refractivity contribution in [1.82, 2.24) is 0 Å². The molecule has 15 nitrogen and oxygen atoms in total. The molecule has 1 saturated carbocycles. The summed E-state index contributed by atoms with van der Waals surface area (Å²) in [7, 11) is 0. The van der Waals surface area contributed by atoms with Crippen molar-refractivity contribution < 1.29 is 51.1 Å². The van der Waals surface area contributed by atoms with Gasteiger partial charge in [0.05, 0.1) is 65.6 Å². The Kier molecular flexibility index (Phi) is 29.1. The zero-order valence-corrected chi connectivity index (χ0v) is 45.4. The molecule has 0 heterocycles. The van der Waals surface area contributed by atoms with Crippen LogP contribution in [0.2, 0.25) is 0 Å². The van der Waals surface area contributed by atoms with Gasteiger partial charge in [0, 0.05) is 87.3 Å². The molecule has 0 aliphatic heterocycles. The second-order valence-electron chi connectivity index (χ2n) is 19.5. The lowest BCUT2D eigenvalue weighted by Crippen LogP contribution is -2.29. The van der Waals surface area contributed by atoms with Crippen LogP contribution < -0.4 is 24.9 Å². The third-order valence-electron chi connectivity index (χ3n) is 13.9. The Morgan fingerprint density at radius 3 is 0.859 bits per heavy atom. The highest BCUT2D eigenvalue weighted by molar-refractivity contribution is 5.52. The minimum absolute atomic E-state index is 0.0533. The van der Waals surface area contributed by atoms with E-state index in [1.54, 1.807) is 0 Å². The van der Waals surface area contributed by atoms with E-state index >= 15 is 0 Å². The Labute approximate surface area is 462 Å². The highest BCUT2D eigenvalue weighted by Crippen LogP contribution is 2.33. The monoisotopic (exact) mass is 1070 g/mol. The van der Waals surface area contributed by atoms with Crippen LogP contribution in [0.4, 0.5) is 28.4 Å². The first-order chi connectivity index (χ1) is 38.2. The van der Waals surface area contributed by atoms with E-state index < -0.39 is 0 Å². The van der Waals surface area contributed by atoms with Crippen molar-refractivity contribution in [2.24, 2.45) is 0 Å². The van der Waals surface area contributed by atoms with Gasteiger partial charge in [0.2, 0.25) is 0 Å². The first-order valence-corrected chi connectivity index (χ1v) is 27.6. The molecule has 0 bridgehead atoms. The first-order valence-electron chi connectivity index (χ1n) is 27.6. The van der Waals surface area contributed by atoms with Gasteiger partial charge in [-0.15, -0.1) is 0 Å². The minimum atomic E-state index is -0.141. The fourth-order valence-electron chi connectivity index (χ4n) is 9.77. The average molecular weight is 1070 g/mol. The fourth-order valence-corrected chi connectivity index (χ4v) is 9.77. The van der Waals surface area contributed by atoms with Gasteiger partial charge in [0.25, 0.3) is 0 Å². The summed E-state index contributed by atoms with van der Waals surface area (Å²) in [6, 6.07) is 49.9. The predicted molar refractivity (Wildman–Crippen MR) is 315 cm³/mol. The lowest BCUT2D eigenvalue weighted by atomic mass is 9.82. The van der Waals surface area contributed by atoms with Crippen LogP contribution in [0, 0.1) is 0 Å². The molecule has 0 spiro atoms. The normalized spacial score (nSPS) is 13.9. The topological polar surface area (TPSA) is 227 Å². The molecule has 0 aromatic heterocycles. The summed E-state index contributed by atoms with van der Waals surface area (Å²) in [6.45, 7) is 5.26. The maximum absolute atomic E-state index is 9.89. The first kappa shape index (κ1) is 62.8. The van der Waals surface area contributed by atoms with E-state index in [1.165, 1.54) is 45.4 Å². The van der Waals surface area contributed by atoms with Crippen LogP contribution in [0.1, 0.15) is 70.5 Å². The van der Waals surface area contributed by atoms with Crippen molar-refractivity contribution in [3.63, 3.8) is 0 Å². The molecular formula is C63H87N5O10. The molecule has 0 saturated heterocycles. The highest BCUT2D eigenvalue weighted by atomic mass is 16.3. The van der Waals surface area contributed by atoms with Gasteiger partial charge in [0.15, 0.2) is 0 Å². The van der Waals surface area contributed by atoms with Crippen molar-refractivity contribution in [1.29, 1.82) is 0 Å². The third-order valence-corrected chi connectivity index (χ3v) is 13.9. The molecule has 15 heteroatoms. The molecule has 2 atom stereocenters. The number of anilines is 5. The number of nitrogens with one attached hydrogen (secondary N) is 1. The SMILES string of the molecule is OCCN(CCO)c1ccc(Cc2ccc(C3CCCC(O)C3)cc2)cc1.OCCN(CCO)c1ccc(Cc2ccc(N(CCO)CCO)cc2)cc1.OCCNc1ccc(Cc2ccc(N(CCO)CCO)cc2)cc1. The summed E-state index contributed by atoms with van der Waals surface area (Å²) in [5.41, 5.74) is 13.7. The third kappa shape index (κ3) is 21.6. The van der Waals surface area contributed by atoms with Crippen LogP contribution in [0.3, 0.4) is 0 Å². The Balaban J connectivity index is 0.000000216. The molecule has 1 aliphatic carbocycles. The average Bonchev–Trinajstić information content (AvgIpc) is 3.46. The van der Waals surface area contributed by atoms with E-state index in [1.807, 2.05) is 68.1 Å². The minimum Gasteiger partial charge on any atom is -0.395 e. The number of hydrogen-bond acceptors (Lipinski definition) is 15. The van der Waals surface area contributed by atoms with E-state index in [0.29, 0.717) is 64.8 Å². The van der Waals surface area contributed by atoms with Crippen molar-refractivity contribution in [2.45, 2.75) is 57.0 Å². The molecule has 1 aliphatic rings. The molecule has 0 amide bonds. The van der Waals surface area contributed by atoms with Gasteiger partial charge in [-0.05, 0) is 144 Å². The van der Waals surface area contributed by atoms with E-state index in [4.69, 9.17) is 46.0 Å². The zero-order chi connectivity index (χ0) is 55.7. The quantitative estimate of drug-likeness (QED) is 0.0271. The van der Waals surface area contributed by atoms with Crippen molar-refractivity contribution in [3.05, 3.63) is 185 Å². The Morgan fingerprint density at radius 1 is 0.333 bits per heavy atom. The number of nitrogens with zero attached hydrogens (tertiary/aromatic N) is 4. The maximum atomic E-state index is 9.89. The molecule has 7 rings (SSSR count).